The zero-order valence-corrected chi connectivity index (χ0v) is 13.4. The number of rotatable bonds is 6. The predicted molar refractivity (Wildman–Crippen MR) is 86.5 cm³/mol. The molecule has 122 valence electrons. The van der Waals surface area contributed by atoms with Gasteiger partial charge in [0, 0.05) is 24.8 Å². The van der Waals surface area contributed by atoms with Gasteiger partial charge in [0.05, 0.1) is 12.6 Å². The summed E-state index contributed by atoms with van der Waals surface area (Å²) in [6, 6.07) is 8.32. The lowest BCUT2D eigenvalue weighted by molar-refractivity contribution is 0.0520. The van der Waals surface area contributed by atoms with Crippen molar-refractivity contribution in [2.45, 2.75) is 32.4 Å². The van der Waals surface area contributed by atoms with Gasteiger partial charge in [0.1, 0.15) is 18.0 Å². The van der Waals surface area contributed by atoms with Gasteiger partial charge in [0.15, 0.2) is 0 Å². The highest BCUT2D eigenvalue weighted by Gasteiger charge is 2.16. The number of amides is 1. The van der Waals surface area contributed by atoms with Crippen molar-refractivity contribution in [3.05, 3.63) is 24.3 Å². The molecule has 0 spiro atoms. The molecule has 1 amide bonds. The molecule has 0 unspecified atom stereocenters. The highest BCUT2D eigenvalue weighted by molar-refractivity contribution is 5.67. The minimum atomic E-state index is -0.485. The van der Waals surface area contributed by atoms with Gasteiger partial charge in [0.2, 0.25) is 0 Å². The van der Waals surface area contributed by atoms with Crippen LogP contribution < -0.4 is 20.7 Å². The van der Waals surface area contributed by atoms with E-state index in [-0.39, 0.29) is 0 Å². The lowest BCUT2D eigenvalue weighted by Gasteiger charge is -2.29. The van der Waals surface area contributed by atoms with Crippen LogP contribution in [0.3, 0.4) is 0 Å². The number of anilines is 1. The monoisotopic (exact) mass is 307 g/mol. The maximum absolute atomic E-state index is 11.5. The zero-order valence-electron chi connectivity index (χ0n) is 13.4. The van der Waals surface area contributed by atoms with E-state index in [1.807, 2.05) is 45.0 Å². The third-order valence-corrected chi connectivity index (χ3v) is 3.03. The fourth-order valence-corrected chi connectivity index (χ4v) is 1.94. The Hall–Kier alpha value is -1.95. The average molecular weight is 307 g/mol. The molecule has 1 heterocycles. The van der Waals surface area contributed by atoms with Gasteiger partial charge in [-0.25, -0.2) is 4.79 Å². The van der Waals surface area contributed by atoms with Crippen LogP contribution in [0.1, 0.15) is 20.8 Å². The standard InChI is InChI=1S/C16H25N3O3/c1-16(2,3)22-15(20)18-7-8-21-14-6-4-5-12(9-14)19-13-10-17-11-13/h4-6,9,13,17,19H,7-8,10-11H2,1-3H3,(H,18,20). The molecule has 0 atom stereocenters. The first-order valence-corrected chi connectivity index (χ1v) is 7.59. The molecular weight excluding hydrogens is 282 g/mol. The summed E-state index contributed by atoms with van der Waals surface area (Å²) in [6.07, 6.45) is -0.427. The summed E-state index contributed by atoms with van der Waals surface area (Å²) < 4.78 is 10.8. The molecule has 1 aliphatic rings. The Kier molecular flexibility index (Phi) is 5.49. The minimum Gasteiger partial charge on any atom is -0.492 e. The van der Waals surface area contributed by atoms with E-state index in [9.17, 15) is 4.79 Å². The van der Waals surface area contributed by atoms with Gasteiger partial charge in [-0.05, 0) is 32.9 Å². The molecule has 0 aromatic heterocycles. The Bertz CT molecular complexity index is 496. The minimum absolute atomic E-state index is 0.397. The highest BCUT2D eigenvalue weighted by atomic mass is 16.6. The number of alkyl carbamates (subject to hydrolysis) is 1. The average Bonchev–Trinajstić information content (AvgIpc) is 2.38. The van der Waals surface area contributed by atoms with Gasteiger partial charge in [0.25, 0.3) is 0 Å². The van der Waals surface area contributed by atoms with E-state index >= 15 is 0 Å². The number of hydrogen-bond acceptors (Lipinski definition) is 5. The summed E-state index contributed by atoms with van der Waals surface area (Å²) in [4.78, 5) is 11.5. The molecule has 1 aromatic rings. The van der Waals surface area contributed by atoms with Gasteiger partial charge in [-0.15, -0.1) is 0 Å². The first kappa shape index (κ1) is 16.4. The predicted octanol–water partition coefficient (Wildman–Crippen LogP) is 1.97. The molecular formula is C16H25N3O3. The maximum atomic E-state index is 11.5. The molecule has 0 radical (unpaired) electrons. The van der Waals surface area contributed by atoms with Crippen LogP contribution in [0.25, 0.3) is 0 Å². The quantitative estimate of drug-likeness (QED) is 0.701. The van der Waals surface area contributed by atoms with Gasteiger partial charge in [-0.2, -0.15) is 0 Å². The fraction of sp³-hybridized carbons (Fsp3) is 0.562. The van der Waals surface area contributed by atoms with Crippen molar-refractivity contribution >= 4 is 11.8 Å². The van der Waals surface area contributed by atoms with E-state index in [0.29, 0.717) is 19.2 Å². The third kappa shape index (κ3) is 5.81. The summed E-state index contributed by atoms with van der Waals surface area (Å²) in [5.41, 5.74) is 0.561. The van der Waals surface area contributed by atoms with Crippen LogP contribution in [-0.4, -0.2) is 44.0 Å². The zero-order chi connectivity index (χ0) is 16.0. The van der Waals surface area contributed by atoms with Crippen LogP contribution >= 0.6 is 0 Å². The van der Waals surface area contributed by atoms with Gasteiger partial charge >= 0.3 is 6.09 Å². The molecule has 1 saturated heterocycles. The summed E-state index contributed by atoms with van der Waals surface area (Å²) in [7, 11) is 0. The molecule has 2 rings (SSSR count). The van der Waals surface area contributed by atoms with Crippen molar-refractivity contribution < 1.29 is 14.3 Å². The number of hydrogen-bond donors (Lipinski definition) is 3. The van der Waals surface area contributed by atoms with E-state index in [2.05, 4.69) is 16.0 Å². The maximum Gasteiger partial charge on any atom is 0.407 e. The second-order valence-electron chi connectivity index (χ2n) is 6.30. The summed E-state index contributed by atoms with van der Waals surface area (Å²) >= 11 is 0. The molecule has 22 heavy (non-hydrogen) atoms. The van der Waals surface area contributed by atoms with E-state index in [4.69, 9.17) is 9.47 Å². The van der Waals surface area contributed by atoms with Crippen molar-refractivity contribution in [2.24, 2.45) is 0 Å². The van der Waals surface area contributed by atoms with Crippen LogP contribution in [0.5, 0.6) is 5.75 Å². The highest BCUT2D eigenvalue weighted by Crippen LogP contribution is 2.18. The Morgan fingerprint density at radius 2 is 2.14 bits per heavy atom. The number of nitrogens with one attached hydrogen (secondary N) is 3. The number of carbonyl (C=O) groups excluding carboxylic acids is 1. The van der Waals surface area contributed by atoms with Crippen molar-refractivity contribution in [3.63, 3.8) is 0 Å². The smallest absolute Gasteiger partial charge is 0.407 e. The number of benzene rings is 1. The Morgan fingerprint density at radius 3 is 2.77 bits per heavy atom. The fourth-order valence-electron chi connectivity index (χ4n) is 1.94. The summed E-state index contributed by atoms with van der Waals surface area (Å²) in [6.45, 7) is 8.28. The molecule has 3 N–H and O–H groups in total. The summed E-state index contributed by atoms with van der Waals surface area (Å²) in [5, 5.41) is 9.30. The Morgan fingerprint density at radius 1 is 1.36 bits per heavy atom. The number of ether oxygens (including phenoxy) is 2. The van der Waals surface area contributed by atoms with E-state index in [0.717, 1.165) is 24.5 Å². The Labute approximate surface area is 131 Å². The lowest BCUT2D eigenvalue weighted by atomic mass is 10.1. The second-order valence-corrected chi connectivity index (χ2v) is 6.30. The van der Waals surface area contributed by atoms with Crippen molar-refractivity contribution in [2.75, 3.05) is 31.6 Å². The Balaban J connectivity index is 1.68. The first-order chi connectivity index (χ1) is 10.4. The largest absolute Gasteiger partial charge is 0.492 e. The topological polar surface area (TPSA) is 71.6 Å². The summed E-state index contributed by atoms with van der Waals surface area (Å²) in [5.74, 6) is 0.781. The van der Waals surface area contributed by atoms with Crippen LogP contribution in [0.4, 0.5) is 10.5 Å². The molecule has 6 nitrogen and oxygen atoms in total. The molecule has 1 aromatic carbocycles. The van der Waals surface area contributed by atoms with Crippen LogP contribution in [0.15, 0.2) is 24.3 Å². The molecule has 6 heteroatoms. The molecule has 1 aliphatic heterocycles. The van der Waals surface area contributed by atoms with Crippen LogP contribution in [0.2, 0.25) is 0 Å². The number of carbonyl (C=O) groups is 1. The second kappa shape index (κ2) is 7.35. The molecule has 0 bridgehead atoms. The molecule has 0 aliphatic carbocycles. The lowest BCUT2D eigenvalue weighted by Crippen LogP contribution is -2.51. The van der Waals surface area contributed by atoms with Crippen molar-refractivity contribution in [1.29, 1.82) is 0 Å². The van der Waals surface area contributed by atoms with Crippen molar-refractivity contribution in [1.82, 2.24) is 10.6 Å². The molecule has 1 fully saturated rings. The van der Waals surface area contributed by atoms with Crippen LogP contribution in [-0.2, 0) is 4.74 Å². The van der Waals surface area contributed by atoms with Gasteiger partial charge in [-0.3, -0.25) is 0 Å². The van der Waals surface area contributed by atoms with Crippen LogP contribution in [0, 0.1) is 0 Å². The third-order valence-electron chi connectivity index (χ3n) is 3.03. The normalized spacial score (nSPS) is 14.9. The van der Waals surface area contributed by atoms with Crippen molar-refractivity contribution in [3.8, 4) is 5.75 Å². The SMILES string of the molecule is CC(C)(C)OC(=O)NCCOc1cccc(NC2CNC2)c1. The first-order valence-electron chi connectivity index (χ1n) is 7.59. The van der Waals surface area contributed by atoms with E-state index in [1.165, 1.54) is 0 Å². The van der Waals surface area contributed by atoms with Gasteiger partial charge < -0.3 is 25.4 Å². The molecule has 0 saturated carbocycles. The van der Waals surface area contributed by atoms with E-state index < -0.39 is 11.7 Å². The van der Waals surface area contributed by atoms with E-state index in [1.54, 1.807) is 0 Å². The van der Waals surface area contributed by atoms with Gasteiger partial charge in [-0.1, -0.05) is 6.07 Å².